The van der Waals surface area contributed by atoms with Gasteiger partial charge in [-0.1, -0.05) is 39.8 Å². The lowest BCUT2D eigenvalue weighted by molar-refractivity contribution is -0.144. The summed E-state index contributed by atoms with van der Waals surface area (Å²) in [7, 11) is -1.93. The minimum Gasteiger partial charge on any atom is -0.407 e. The number of ketones is 1. The van der Waals surface area contributed by atoms with Gasteiger partial charge in [0.15, 0.2) is 19.9 Å². The fourth-order valence-electron chi connectivity index (χ4n) is 2.91. The molecule has 0 aromatic heterocycles. The third kappa shape index (κ3) is 8.18. The molecule has 5 heteroatoms. The third-order valence-electron chi connectivity index (χ3n) is 5.91. The molecule has 0 bridgehead atoms. The summed E-state index contributed by atoms with van der Waals surface area (Å²) >= 11 is 0. The van der Waals surface area contributed by atoms with Crippen LogP contribution in [0.1, 0.15) is 74.1 Å². The second-order valence-corrected chi connectivity index (χ2v) is 14.7. The Labute approximate surface area is 168 Å². The van der Waals surface area contributed by atoms with Gasteiger partial charge in [0.1, 0.15) is 6.10 Å². The molecular weight excluding hydrogens is 356 g/mol. The van der Waals surface area contributed by atoms with Crippen molar-refractivity contribution in [1.29, 1.82) is 0 Å². The SMILES string of the molecule is CC(=O)[C@H](C/C=C\CCC[C@H](C)[C@@H]1COC(C)(C)O1)O[Si](C)(C)C(C)(C)C. The van der Waals surface area contributed by atoms with E-state index in [2.05, 4.69) is 52.9 Å². The zero-order chi connectivity index (χ0) is 20.9. The predicted octanol–water partition coefficient (Wildman–Crippen LogP) is 5.87. The number of unbranched alkanes of at least 4 members (excludes halogenated alkanes) is 1. The summed E-state index contributed by atoms with van der Waals surface area (Å²) in [5.41, 5.74) is 0. The molecule has 1 saturated heterocycles. The number of hydrogen-bond acceptors (Lipinski definition) is 4. The Morgan fingerprint density at radius 3 is 2.41 bits per heavy atom. The zero-order valence-electron chi connectivity index (χ0n) is 19.1. The molecule has 1 heterocycles. The predicted molar refractivity (Wildman–Crippen MR) is 114 cm³/mol. The van der Waals surface area contributed by atoms with Gasteiger partial charge in [0, 0.05) is 0 Å². The Balaban J connectivity index is 2.36. The van der Waals surface area contributed by atoms with Gasteiger partial charge >= 0.3 is 0 Å². The number of carbonyl (C=O) groups is 1. The average Bonchev–Trinajstić information content (AvgIpc) is 2.88. The number of allylic oxidation sites excluding steroid dienone is 1. The molecule has 1 fully saturated rings. The molecule has 4 nitrogen and oxygen atoms in total. The largest absolute Gasteiger partial charge is 0.407 e. The summed E-state index contributed by atoms with van der Waals surface area (Å²) in [4.78, 5) is 12.0. The number of Topliss-reactive ketones (excluding diaryl/α,β-unsaturated/α-hetero) is 1. The summed E-state index contributed by atoms with van der Waals surface area (Å²) in [5.74, 6) is 0.177. The van der Waals surface area contributed by atoms with Crippen molar-refractivity contribution in [3.8, 4) is 0 Å². The molecule has 0 radical (unpaired) electrons. The van der Waals surface area contributed by atoms with Gasteiger partial charge in [-0.05, 0) is 70.5 Å². The molecule has 0 spiro atoms. The van der Waals surface area contributed by atoms with Crippen molar-refractivity contribution >= 4 is 14.1 Å². The van der Waals surface area contributed by atoms with Crippen molar-refractivity contribution in [2.24, 2.45) is 5.92 Å². The highest BCUT2D eigenvalue weighted by atomic mass is 28.4. The van der Waals surface area contributed by atoms with E-state index < -0.39 is 14.1 Å². The van der Waals surface area contributed by atoms with Crippen molar-refractivity contribution in [2.75, 3.05) is 6.61 Å². The van der Waals surface area contributed by atoms with Gasteiger partial charge in [-0.3, -0.25) is 4.79 Å². The monoisotopic (exact) mass is 398 g/mol. The molecule has 0 aromatic carbocycles. The Kier molecular flexibility index (Phi) is 8.92. The summed E-state index contributed by atoms with van der Waals surface area (Å²) < 4.78 is 17.9. The Morgan fingerprint density at radius 2 is 1.93 bits per heavy atom. The van der Waals surface area contributed by atoms with Gasteiger partial charge in [0.05, 0.1) is 12.7 Å². The first-order chi connectivity index (χ1) is 12.3. The first kappa shape index (κ1) is 24.5. The topological polar surface area (TPSA) is 44.8 Å². The second kappa shape index (κ2) is 9.81. The van der Waals surface area contributed by atoms with E-state index >= 15 is 0 Å². The minimum absolute atomic E-state index is 0.112. The molecule has 0 aromatic rings. The molecule has 27 heavy (non-hydrogen) atoms. The maximum Gasteiger partial charge on any atom is 0.193 e. The van der Waals surface area contributed by atoms with Crippen LogP contribution in [0.15, 0.2) is 12.2 Å². The Morgan fingerprint density at radius 1 is 1.30 bits per heavy atom. The van der Waals surface area contributed by atoms with Crippen LogP contribution in [0.5, 0.6) is 0 Å². The van der Waals surface area contributed by atoms with E-state index in [1.165, 1.54) is 0 Å². The molecule has 1 aliphatic heterocycles. The summed E-state index contributed by atoms with van der Waals surface area (Å²) in [5, 5.41) is 0.112. The quantitative estimate of drug-likeness (QED) is 0.262. The van der Waals surface area contributed by atoms with Crippen LogP contribution in [0.25, 0.3) is 0 Å². The zero-order valence-corrected chi connectivity index (χ0v) is 20.1. The lowest BCUT2D eigenvalue weighted by atomic mass is 9.98. The highest BCUT2D eigenvalue weighted by molar-refractivity contribution is 6.74. The molecule has 158 valence electrons. The van der Waals surface area contributed by atoms with Gasteiger partial charge in [0.25, 0.3) is 0 Å². The summed E-state index contributed by atoms with van der Waals surface area (Å²) in [6, 6.07) is 0. The van der Waals surface area contributed by atoms with E-state index in [1.807, 2.05) is 13.8 Å². The lowest BCUT2D eigenvalue weighted by Crippen LogP contribution is -2.45. The highest BCUT2D eigenvalue weighted by Crippen LogP contribution is 2.37. The van der Waals surface area contributed by atoms with E-state index in [9.17, 15) is 4.79 Å². The first-order valence-electron chi connectivity index (χ1n) is 10.4. The van der Waals surface area contributed by atoms with Crippen LogP contribution < -0.4 is 0 Å². The van der Waals surface area contributed by atoms with E-state index in [0.717, 1.165) is 19.3 Å². The van der Waals surface area contributed by atoms with Gasteiger partial charge < -0.3 is 13.9 Å². The fraction of sp³-hybridized carbons (Fsp3) is 0.864. The summed E-state index contributed by atoms with van der Waals surface area (Å²) in [6.07, 6.45) is 8.11. The van der Waals surface area contributed by atoms with Crippen molar-refractivity contribution < 1.29 is 18.7 Å². The number of hydrogen-bond donors (Lipinski definition) is 0. The van der Waals surface area contributed by atoms with Crippen LogP contribution in [0.3, 0.4) is 0 Å². The minimum atomic E-state index is -1.93. The molecule has 0 amide bonds. The molecule has 0 aliphatic carbocycles. The molecule has 3 atom stereocenters. The van der Waals surface area contributed by atoms with Crippen molar-refractivity contribution in [3.05, 3.63) is 12.2 Å². The Hall–Kier alpha value is -0.493. The third-order valence-corrected chi connectivity index (χ3v) is 10.4. The standard InChI is InChI=1S/C22H42O4Si/c1-17(20-16-24-22(6,7)25-20)14-12-10-11-13-15-19(18(2)23)26-27(8,9)21(3,4)5/h11,13,17,19-20H,10,12,14-16H2,1-9H3/b13-11-/t17-,19-,20-/m0/s1. The maximum atomic E-state index is 12.0. The van der Waals surface area contributed by atoms with Crippen molar-refractivity contribution in [3.63, 3.8) is 0 Å². The molecule has 1 aliphatic rings. The van der Waals surface area contributed by atoms with E-state index in [4.69, 9.17) is 13.9 Å². The molecule has 0 saturated carbocycles. The van der Waals surface area contributed by atoms with Gasteiger partial charge in [0.2, 0.25) is 0 Å². The molecule has 1 rings (SSSR count). The highest BCUT2D eigenvalue weighted by Gasteiger charge is 2.39. The van der Waals surface area contributed by atoms with Crippen LogP contribution in [-0.2, 0) is 18.7 Å². The first-order valence-corrected chi connectivity index (χ1v) is 13.3. The average molecular weight is 399 g/mol. The molecule has 0 unspecified atom stereocenters. The maximum absolute atomic E-state index is 12.0. The smallest absolute Gasteiger partial charge is 0.193 e. The van der Waals surface area contributed by atoms with Crippen LogP contribution in [0.2, 0.25) is 18.1 Å². The van der Waals surface area contributed by atoms with Crippen molar-refractivity contribution in [1.82, 2.24) is 0 Å². The number of carbonyl (C=O) groups excluding carboxylic acids is 1. The van der Waals surface area contributed by atoms with Crippen LogP contribution >= 0.6 is 0 Å². The van der Waals surface area contributed by atoms with Gasteiger partial charge in [-0.2, -0.15) is 0 Å². The lowest BCUT2D eigenvalue weighted by Gasteiger charge is -2.38. The van der Waals surface area contributed by atoms with Crippen molar-refractivity contribution in [2.45, 2.75) is 110 Å². The number of rotatable bonds is 10. The van der Waals surface area contributed by atoms with E-state index in [-0.39, 0.29) is 23.0 Å². The Bertz CT molecular complexity index is 505. The van der Waals surface area contributed by atoms with Gasteiger partial charge in [-0.15, -0.1) is 0 Å². The normalized spacial score (nSPS) is 22.9. The molecular formula is C22H42O4Si. The van der Waals surface area contributed by atoms with Crippen LogP contribution in [0.4, 0.5) is 0 Å². The van der Waals surface area contributed by atoms with E-state index in [0.29, 0.717) is 18.9 Å². The summed E-state index contributed by atoms with van der Waals surface area (Å²) in [6.45, 7) is 19.5. The fourth-order valence-corrected chi connectivity index (χ4v) is 4.23. The van der Waals surface area contributed by atoms with Gasteiger partial charge in [-0.25, -0.2) is 0 Å². The van der Waals surface area contributed by atoms with Crippen LogP contribution in [0, 0.1) is 5.92 Å². The number of ether oxygens (including phenoxy) is 2. The van der Waals surface area contributed by atoms with Crippen LogP contribution in [-0.4, -0.2) is 38.7 Å². The molecule has 0 N–H and O–H groups in total. The second-order valence-electron chi connectivity index (χ2n) is 9.96. The van der Waals surface area contributed by atoms with E-state index in [1.54, 1.807) is 6.92 Å².